The minimum atomic E-state index is 0.241. The average Bonchev–Trinajstić information content (AvgIpc) is 3.23. The molecule has 0 radical (unpaired) electrons. The van der Waals surface area contributed by atoms with E-state index in [-0.39, 0.29) is 6.04 Å². The average molecular weight is 345 g/mol. The molecule has 0 saturated heterocycles. The maximum atomic E-state index is 5.21. The number of rotatable bonds is 7. The van der Waals surface area contributed by atoms with E-state index < -0.39 is 0 Å². The molecule has 2 aromatic heterocycles. The van der Waals surface area contributed by atoms with Gasteiger partial charge in [-0.3, -0.25) is 0 Å². The van der Waals surface area contributed by atoms with Crippen LogP contribution in [0.25, 0.3) is 0 Å². The zero-order valence-corrected chi connectivity index (χ0v) is 14.9. The topological polar surface area (TPSA) is 34.1 Å². The number of methoxy groups -OCH3 is 1. The first-order chi connectivity index (χ1) is 11.2. The van der Waals surface area contributed by atoms with E-state index >= 15 is 0 Å². The number of aryl methyl sites for hydroxylation is 1. The van der Waals surface area contributed by atoms with Crippen molar-refractivity contribution in [2.75, 3.05) is 7.11 Å². The molecule has 0 aliphatic rings. The molecule has 23 heavy (non-hydrogen) atoms. The first kappa shape index (κ1) is 16.2. The largest absolute Gasteiger partial charge is 0.497 e. The lowest BCUT2D eigenvalue weighted by atomic mass is 10.1. The minimum absolute atomic E-state index is 0.241. The molecule has 1 aromatic carbocycles. The highest BCUT2D eigenvalue weighted by Crippen LogP contribution is 2.24. The van der Waals surface area contributed by atoms with E-state index in [1.54, 1.807) is 29.8 Å². The fourth-order valence-corrected chi connectivity index (χ4v) is 3.96. The molecule has 2 heterocycles. The Bertz CT molecular complexity index is 720. The van der Waals surface area contributed by atoms with Gasteiger partial charge in [-0.15, -0.1) is 11.3 Å². The van der Waals surface area contributed by atoms with Crippen molar-refractivity contribution in [1.82, 2.24) is 10.3 Å². The number of hydrogen-bond acceptors (Lipinski definition) is 5. The standard InChI is InChI=1S/C18H20N2OS2/c1-13-11-23-18(20-13)17(9-15-7-8-22-12-15)19-10-14-3-5-16(21-2)6-4-14/h3-8,11-12,17,19H,9-10H2,1-2H3/t17-/m0/s1. The highest BCUT2D eigenvalue weighted by molar-refractivity contribution is 7.09. The SMILES string of the molecule is COc1ccc(CN[C@@H](Cc2ccsc2)c2nc(C)cs2)cc1. The van der Waals surface area contributed by atoms with Crippen molar-refractivity contribution in [2.45, 2.75) is 25.9 Å². The van der Waals surface area contributed by atoms with Gasteiger partial charge < -0.3 is 10.1 Å². The van der Waals surface area contributed by atoms with Crippen molar-refractivity contribution in [1.29, 1.82) is 0 Å². The lowest BCUT2D eigenvalue weighted by Gasteiger charge is -2.16. The zero-order valence-electron chi connectivity index (χ0n) is 13.3. The molecule has 1 N–H and O–H groups in total. The van der Waals surface area contributed by atoms with Crippen molar-refractivity contribution in [3.63, 3.8) is 0 Å². The van der Waals surface area contributed by atoms with E-state index in [1.807, 2.05) is 19.1 Å². The molecular weight excluding hydrogens is 324 g/mol. The number of ether oxygens (including phenoxy) is 1. The fraction of sp³-hybridized carbons (Fsp3) is 0.278. The Hall–Kier alpha value is -1.69. The summed E-state index contributed by atoms with van der Waals surface area (Å²) < 4.78 is 5.21. The molecule has 0 fully saturated rings. The molecule has 0 aliphatic heterocycles. The minimum Gasteiger partial charge on any atom is -0.497 e. The Morgan fingerprint density at radius 1 is 1.13 bits per heavy atom. The molecule has 3 rings (SSSR count). The highest BCUT2D eigenvalue weighted by atomic mass is 32.1. The number of aromatic nitrogens is 1. The van der Waals surface area contributed by atoms with E-state index in [1.165, 1.54) is 11.1 Å². The lowest BCUT2D eigenvalue weighted by molar-refractivity contribution is 0.414. The molecule has 1 atom stereocenters. The molecule has 3 nitrogen and oxygen atoms in total. The molecule has 120 valence electrons. The van der Waals surface area contributed by atoms with Crippen LogP contribution in [0.4, 0.5) is 0 Å². The van der Waals surface area contributed by atoms with Crippen LogP contribution in [0.5, 0.6) is 5.75 Å². The Morgan fingerprint density at radius 3 is 2.57 bits per heavy atom. The van der Waals surface area contributed by atoms with E-state index in [0.29, 0.717) is 0 Å². The summed E-state index contributed by atoms with van der Waals surface area (Å²) in [6.07, 6.45) is 0.965. The predicted molar refractivity (Wildman–Crippen MR) is 97.4 cm³/mol. The van der Waals surface area contributed by atoms with Gasteiger partial charge in [0.05, 0.1) is 13.2 Å². The van der Waals surface area contributed by atoms with Crippen LogP contribution in [-0.4, -0.2) is 12.1 Å². The second-order valence-electron chi connectivity index (χ2n) is 5.44. The summed E-state index contributed by atoms with van der Waals surface area (Å²) in [6, 6.07) is 10.6. The van der Waals surface area contributed by atoms with Gasteiger partial charge in [0.1, 0.15) is 10.8 Å². The van der Waals surface area contributed by atoms with Gasteiger partial charge in [-0.1, -0.05) is 12.1 Å². The van der Waals surface area contributed by atoms with E-state index in [2.05, 4.69) is 44.6 Å². The summed E-state index contributed by atoms with van der Waals surface area (Å²) in [5.74, 6) is 0.888. The Morgan fingerprint density at radius 2 is 1.96 bits per heavy atom. The molecule has 0 amide bonds. The predicted octanol–water partition coefficient (Wildman–Crippen LogP) is 4.60. The number of thiophene rings is 1. The maximum Gasteiger partial charge on any atom is 0.118 e. The van der Waals surface area contributed by atoms with Gasteiger partial charge in [-0.25, -0.2) is 4.98 Å². The van der Waals surface area contributed by atoms with Crippen LogP contribution < -0.4 is 10.1 Å². The second kappa shape index (κ2) is 7.73. The van der Waals surface area contributed by atoms with Crippen LogP contribution in [-0.2, 0) is 13.0 Å². The molecular formula is C18H20N2OS2. The number of thiazole rings is 1. The Balaban J connectivity index is 1.70. The normalized spacial score (nSPS) is 12.3. The number of benzene rings is 1. The van der Waals surface area contributed by atoms with Crippen molar-refractivity contribution in [2.24, 2.45) is 0 Å². The van der Waals surface area contributed by atoms with E-state index in [4.69, 9.17) is 4.74 Å². The maximum absolute atomic E-state index is 5.21. The van der Waals surface area contributed by atoms with Crippen LogP contribution in [0.1, 0.15) is 27.9 Å². The molecule has 3 aromatic rings. The van der Waals surface area contributed by atoms with Crippen LogP contribution in [0.15, 0.2) is 46.5 Å². The van der Waals surface area contributed by atoms with Crippen LogP contribution >= 0.6 is 22.7 Å². The summed E-state index contributed by atoms with van der Waals surface area (Å²) in [5, 5.41) is 11.3. The molecule has 0 unspecified atom stereocenters. The van der Waals surface area contributed by atoms with Crippen LogP contribution in [0.3, 0.4) is 0 Å². The van der Waals surface area contributed by atoms with Gasteiger partial charge in [0, 0.05) is 17.6 Å². The van der Waals surface area contributed by atoms with E-state index in [0.717, 1.165) is 29.4 Å². The molecule has 5 heteroatoms. The van der Waals surface area contributed by atoms with Crippen LogP contribution in [0, 0.1) is 6.92 Å². The van der Waals surface area contributed by atoms with Crippen molar-refractivity contribution in [3.05, 3.63) is 68.3 Å². The van der Waals surface area contributed by atoms with Gasteiger partial charge in [-0.2, -0.15) is 11.3 Å². The van der Waals surface area contributed by atoms with Crippen molar-refractivity contribution >= 4 is 22.7 Å². The number of nitrogens with zero attached hydrogens (tertiary/aromatic N) is 1. The molecule has 0 bridgehead atoms. The third kappa shape index (κ3) is 4.41. The van der Waals surface area contributed by atoms with Gasteiger partial charge in [0.25, 0.3) is 0 Å². The molecule has 0 saturated carbocycles. The summed E-state index contributed by atoms with van der Waals surface area (Å²) in [7, 11) is 1.69. The Labute approximate surface area is 145 Å². The third-order valence-electron chi connectivity index (χ3n) is 3.67. The summed E-state index contributed by atoms with van der Waals surface area (Å²) >= 11 is 3.47. The first-order valence-corrected chi connectivity index (χ1v) is 9.36. The lowest BCUT2D eigenvalue weighted by Crippen LogP contribution is -2.22. The number of nitrogens with one attached hydrogen (secondary N) is 1. The highest BCUT2D eigenvalue weighted by Gasteiger charge is 2.15. The quantitative estimate of drug-likeness (QED) is 0.680. The van der Waals surface area contributed by atoms with E-state index in [9.17, 15) is 0 Å². The van der Waals surface area contributed by atoms with Gasteiger partial charge in [0.2, 0.25) is 0 Å². The van der Waals surface area contributed by atoms with Crippen molar-refractivity contribution in [3.8, 4) is 5.75 Å². The summed E-state index contributed by atoms with van der Waals surface area (Å²) in [5.41, 5.74) is 3.69. The molecule has 0 aliphatic carbocycles. The summed E-state index contributed by atoms with van der Waals surface area (Å²) in [4.78, 5) is 4.67. The zero-order chi connectivity index (χ0) is 16.1. The number of hydrogen-bond donors (Lipinski definition) is 1. The second-order valence-corrected chi connectivity index (χ2v) is 7.11. The first-order valence-electron chi connectivity index (χ1n) is 7.54. The third-order valence-corrected chi connectivity index (χ3v) is 5.47. The smallest absolute Gasteiger partial charge is 0.118 e. The van der Waals surface area contributed by atoms with Gasteiger partial charge >= 0.3 is 0 Å². The monoisotopic (exact) mass is 344 g/mol. The van der Waals surface area contributed by atoms with Gasteiger partial charge in [-0.05, 0) is 53.4 Å². The summed E-state index contributed by atoms with van der Waals surface area (Å²) in [6.45, 7) is 2.86. The van der Waals surface area contributed by atoms with Crippen LogP contribution in [0.2, 0.25) is 0 Å². The molecule has 0 spiro atoms. The fourth-order valence-electron chi connectivity index (χ4n) is 2.41. The Kier molecular flexibility index (Phi) is 5.43. The van der Waals surface area contributed by atoms with Gasteiger partial charge in [0.15, 0.2) is 0 Å². The van der Waals surface area contributed by atoms with Crippen molar-refractivity contribution < 1.29 is 4.74 Å².